The lowest BCUT2D eigenvalue weighted by Crippen LogP contribution is -2.43. The molecule has 3 aromatic rings. The van der Waals surface area contributed by atoms with Crippen LogP contribution in [0.15, 0.2) is 54.7 Å². The average Bonchev–Trinajstić information content (AvgIpc) is 2.77. The largest absolute Gasteiger partial charge is 0.507 e. The van der Waals surface area contributed by atoms with E-state index in [0.717, 1.165) is 11.1 Å². The number of nitrogens with one attached hydrogen (secondary N) is 2. The minimum absolute atomic E-state index is 0.0581. The van der Waals surface area contributed by atoms with Crippen LogP contribution in [0.2, 0.25) is 10.0 Å². The Morgan fingerprint density at radius 2 is 1.89 bits per heavy atom. The highest BCUT2D eigenvalue weighted by atomic mass is 35.5. The van der Waals surface area contributed by atoms with Crippen LogP contribution in [0.3, 0.4) is 0 Å². The lowest BCUT2D eigenvalue weighted by molar-refractivity contribution is -0.120. The van der Waals surface area contributed by atoms with Crippen LogP contribution in [0, 0.1) is 0 Å². The van der Waals surface area contributed by atoms with Gasteiger partial charge in [0.25, 0.3) is 0 Å². The number of halogens is 2. The predicted molar refractivity (Wildman–Crippen MR) is 140 cm³/mol. The van der Waals surface area contributed by atoms with Crippen molar-refractivity contribution in [3.63, 3.8) is 0 Å². The number of rotatable bonds is 10. The minimum Gasteiger partial charge on any atom is -0.507 e. The monoisotopic (exact) mass is 516 g/mol. The minimum atomic E-state index is -0.703. The second-order valence-corrected chi connectivity index (χ2v) is 9.98. The zero-order valence-electron chi connectivity index (χ0n) is 19.7. The Morgan fingerprint density at radius 1 is 1.14 bits per heavy atom. The Balaban J connectivity index is 1.54. The molecule has 0 spiro atoms. The van der Waals surface area contributed by atoms with Gasteiger partial charge >= 0.3 is 0 Å². The Hall–Kier alpha value is -2.84. The molecule has 1 atom stereocenters. The number of carbonyl (C=O) groups excluding carboxylic acids is 1. The Kier molecular flexibility index (Phi) is 8.97. The van der Waals surface area contributed by atoms with E-state index in [-0.39, 0.29) is 30.2 Å². The third-order valence-corrected chi connectivity index (χ3v) is 6.12. The maximum Gasteiger partial charge on any atom is 0.224 e. The first kappa shape index (κ1) is 26.8. The number of hydrogen-bond donors (Lipinski definition) is 5. The molecule has 35 heavy (non-hydrogen) atoms. The second-order valence-electron chi connectivity index (χ2n) is 9.13. The summed E-state index contributed by atoms with van der Waals surface area (Å²) in [5, 5.41) is 27.3. The predicted octanol–water partition coefficient (Wildman–Crippen LogP) is 4.18. The van der Waals surface area contributed by atoms with E-state index in [2.05, 4.69) is 29.5 Å². The number of aliphatic hydroxyl groups is 1. The number of anilines is 1. The smallest absolute Gasteiger partial charge is 0.224 e. The summed E-state index contributed by atoms with van der Waals surface area (Å²) in [5.74, 6) is 0.164. The van der Waals surface area contributed by atoms with E-state index in [1.165, 1.54) is 12.1 Å². The normalized spacial score (nSPS) is 12.4. The van der Waals surface area contributed by atoms with Gasteiger partial charge in [-0.3, -0.25) is 4.79 Å². The highest BCUT2D eigenvalue weighted by molar-refractivity contribution is 6.35. The molecule has 0 fully saturated rings. The number of amides is 1. The molecule has 0 aliphatic carbocycles. The van der Waals surface area contributed by atoms with Crippen molar-refractivity contribution in [3.05, 3.63) is 87.0 Å². The van der Waals surface area contributed by atoms with Crippen LogP contribution >= 0.6 is 23.2 Å². The molecule has 6 N–H and O–H groups in total. The van der Waals surface area contributed by atoms with Gasteiger partial charge in [-0.05, 0) is 49.6 Å². The summed E-state index contributed by atoms with van der Waals surface area (Å²) in [5.41, 5.74) is 8.36. The van der Waals surface area contributed by atoms with Gasteiger partial charge in [0, 0.05) is 41.0 Å². The number of aromatic hydroxyl groups is 1. The molecule has 186 valence electrons. The number of phenols is 1. The molecule has 0 radical (unpaired) electrons. The fourth-order valence-corrected chi connectivity index (χ4v) is 4.28. The lowest BCUT2D eigenvalue weighted by Gasteiger charge is -2.28. The van der Waals surface area contributed by atoms with Gasteiger partial charge in [-0.2, -0.15) is 0 Å². The lowest BCUT2D eigenvalue weighted by atomic mass is 9.93. The quantitative estimate of drug-likeness (QED) is 0.275. The fraction of sp³-hybridized carbons (Fsp3) is 0.308. The summed E-state index contributed by atoms with van der Waals surface area (Å²) in [4.78, 5) is 16.5. The Bertz CT molecular complexity index is 1150. The number of aliphatic hydroxyl groups excluding tert-OH is 1. The molecule has 9 heteroatoms. The van der Waals surface area contributed by atoms with E-state index >= 15 is 0 Å². The zero-order valence-corrected chi connectivity index (χ0v) is 21.2. The summed E-state index contributed by atoms with van der Waals surface area (Å²) < 4.78 is 0. The molecule has 0 saturated carbocycles. The first-order chi connectivity index (χ1) is 16.5. The molecule has 1 amide bonds. The van der Waals surface area contributed by atoms with Gasteiger partial charge in [0.2, 0.25) is 5.91 Å². The summed E-state index contributed by atoms with van der Waals surface area (Å²) >= 11 is 12.0. The van der Waals surface area contributed by atoms with Crippen molar-refractivity contribution in [3.8, 4) is 5.75 Å². The van der Waals surface area contributed by atoms with Crippen LogP contribution in [0.5, 0.6) is 5.75 Å². The van der Waals surface area contributed by atoms with E-state index in [0.29, 0.717) is 40.0 Å². The maximum atomic E-state index is 12.5. The molecule has 3 rings (SSSR count). The maximum absolute atomic E-state index is 12.5. The van der Waals surface area contributed by atoms with Crippen molar-refractivity contribution in [1.82, 2.24) is 15.6 Å². The second kappa shape index (κ2) is 11.7. The van der Waals surface area contributed by atoms with E-state index in [1.807, 2.05) is 24.3 Å². The van der Waals surface area contributed by atoms with Crippen molar-refractivity contribution >= 4 is 34.9 Å². The van der Waals surface area contributed by atoms with Gasteiger partial charge in [0.15, 0.2) is 0 Å². The molecule has 1 aromatic heterocycles. The molecule has 0 unspecified atom stereocenters. The van der Waals surface area contributed by atoms with Crippen LogP contribution < -0.4 is 16.4 Å². The zero-order chi connectivity index (χ0) is 25.6. The number of nitrogens with two attached hydrogens (primary N) is 1. The molecule has 7 nitrogen and oxygen atoms in total. The first-order valence-corrected chi connectivity index (χ1v) is 11.9. The number of benzene rings is 2. The number of pyridine rings is 1. The summed E-state index contributed by atoms with van der Waals surface area (Å²) in [6, 6.07) is 14.2. The molecule has 0 bridgehead atoms. The van der Waals surface area contributed by atoms with E-state index < -0.39 is 6.10 Å². The molecule has 0 aliphatic heterocycles. The van der Waals surface area contributed by atoms with Gasteiger partial charge in [-0.25, -0.2) is 4.98 Å². The number of nitrogens with zero attached hydrogens (tertiary/aromatic N) is 1. The number of aromatic nitrogens is 1. The van der Waals surface area contributed by atoms with Gasteiger partial charge in [0.1, 0.15) is 11.6 Å². The Morgan fingerprint density at radius 3 is 2.57 bits per heavy atom. The van der Waals surface area contributed by atoms with E-state index in [1.54, 1.807) is 18.3 Å². The van der Waals surface area contributed by atoms with Crippen molar-refractivity contribution in [2.45, 2.75) is 44.9 Å². The summed E-state index contributed by atoms with van der Waals surface area (Å²) in [7, 11) is 0. The number of hydrogen-bond acceptors (Lipinski definition) is 6. The van der Waals surface area contributed by atoms with Crippen LogP contribution in [0.4, 0.5) is 5.82 Å². The van der Waals surface area contributed by atoms with Crippen LogP contribution in [-0.4, -0.2) is 33.2 Å². The van der Waals surface area contributed by atoms with Crippen molar-refractivity contribution < 1.29 is 15.0 Å². The standard InChI is InChI=1S/C26H30Cl2N4O3/c1-26(2,32-15-23(34)18-6-7-24(29)30-13-18)12-17-5-3-4-16(8-17)9-25(35)31-14-20-21(28)10-19(27)11-22(20)33/h3-8,10-11,13,23,32-34H,9,12,14-15H2,1-2H3,(H2,29,30)(H,31,35)/t23-/m1/s1. The SMILES string of the molecule is CC(C)(Cc1cccc(CC(=O)NCc2c(O)cc(Cl)cc2Cl)c1)NC[C@@H](O)c1ccc(N)nc1. The number of carbonyl (C=O) groups is 1. The number of nitrogen functional groups attached to an aromatic ring is 1. The van der Waals surface area contributed by atoms with E-state index in [4.69, 9.17) is 28.9 Å². The number of β-amino-alcohol motifs (C(OH)–C–C–N with tert-alkyl or cyclic N) is 1. The van der Waals surface area contributed by atoms with Gasteiger partial charge < -0.3 is 26.6 Å². The van der Waals surface area contributed by atoms with Gasteiger partial charge in [-0.15, -0.1) is 0 Å². The molecule has 0 aliphatic rings. The van der Waals surface area contributed by atoms with Gasteiger partial charge in [-0.1, -0.05) is 53.5 Å². The third kappa shape index (κ3) is 8.11. The summed E-state index contributed by atoms with van der Waals surface area (Å²) in [6.45, 7) is 4.58. The summed E-state index contributed by atoms with van der Waals surface area (Å²) in [6.07, 6.45) is 1.76. The number of phenolic OH excluding ortho intramolecular Hbond substituents is 1. The highest BCUT2D eigenvalue weighted by Gasteiger charge is 2.20. The van der Waals surface area contributed by atoms with Gasteiger partial charge in [0.05, 0.1) is 17.5 Å². The average molecular weight is 517 g/mol. The molecular formula is C26H30Cl2N4O3. The van der Waals surface area contributed by atoms with Crippen molar-refractivity contribution in [2.75, 3.05) is 12.3 Å². The van der Waals surface area contributed by atoms with Crippen molar-refractivity contribution in [1.29, 1.82) is 0 Å². The van der Waals surface area contributed by atoms with Crippen LogP contribution in [0.1, 0.15) is 42.2 Å². The molecule has 1 heterocycles. The fourth-order valence-electron chi connectivity index (χ4n) is 3.73. The third-order valence-electron chi connectivity index (χ3n) is 5.57. The van der Waals surface area contributed by atoms with Crippen LogP contribution in [0.25, 0.3) is 0 Å². The topological polar surface area (TPSA) is 120 Å². The molecule has 0 saturated heterocycles. The molecule has 2 aromatic carbocycles. The molecular weight excluding hydrogens is 487 g/mol. The van der Waals surface area contributed by atoms with Crippen LogP contribution in [-0.2, 0) is 24.2 Å². The van der Waals surface area contributed by atoms with Crippen molar-refractivity contribution in [2.24, 2.45) is 0 Å². The van der Waals surface area contributed by atoms with E-state index in [9.17, 15) is 15.0 Å². The Labute approximate surface area is 215 Å². The first-order valence-electron chi connectivity index (χ1n) is 11.2. The highest BCUT2D eigenvalue weighted by Crippen LogP contribution is 2.29.